The topological polar surface area (TPSA) is 101 Å². The Morgan fingerprint density at radius 1 is 1.60 bits per heavy atom. The molecule has 0 aromatic rings. The van der Waals surface area contributed by atoms with Gasteiger partial charge >= 0.3 is 7.60 Å². The molecule has 0 aromatic heterocycles. The Hall–Kier alpha value is -0.640. The maximum absolute atomic E-state index is 10.3. The lowest BCUT2D eigenvalue weighted by Gasteiger charge is -2.02. The molecule has 0 aliphatic rings. The Labute approximate surface area is 57.7 Å². The van der Waals surface area contributed by atoms with Crippen LogP contribution in [-0.4, -0.2) is 15.7 Å². The molecule has 0 aliphatic carbocycles. The van der Waals surface area contributed by atoms with Gasteiger partial charge in [-0.3, -0.25) is 9.36 Å². The summed E-state index contributed by atoms with van der Waals surface area (Å²) in [5.74, 6) is -1.09. The summed E-state index contributed by atoms with van der Waals surface area (Å²) >= 11 is 0. The zero-order valence-electron chi connectivity index (χ0n) is 5.31. The molecule has 0 atom stereocenters. The number of allylic oxidation sites excluding steroid dienone is 1. The van der Waals surface area contributed by atoms with Gasteiger partial charge in [-0.15, -0.1) is 0 Å². The lowest BCUT2D eigenvalue weighted by molar-refractivity contribution is -0.114. The number of rotatable bonds is 2. The van der Waals surface area contributed by atoms with Gasteiger partial charge in [0.15, 0.2) is 0 Å². The Bertz CT molecular complexity index is 215. The fourth-order valence-electron chi connectivity index (χ4n) is 0.454. The van der Waals surface area contributed by atoms with Crippen molar-refractivity contribution in [2.45, 2.75) is 6.92 Å². The molecule has 0 radical (unpaired) electrons. The molecule has 0 unspecified atom stereocenters. The fourth-order valence-corrected chi connectivity index (χ4v) is 1.08. The van der Waals surface area contributed by atoms with E-state index >= 15 is 0 Å². The molecule has 0 saturated heterocycles. The van der Waals surface area contributed by atoms with Gasteiger partial charge in [0.25, 0.3) is 5.91 Å². The first kappa shape index (κ1) is 9.36. The average Bonchev–Trinajstić information content (AvgIpc) is 1.60. The predicted molar refractivity (Wildman–Crippen MR) is 35.0 cm³/mol. The van der Waals surface area contributed by atoms with Crippen molar-refractivity contribution < 1.29 is 19.1 Å². The summed E-state index contributed by atoms with van der Waals surface area (Å²) in [4.78, 5) is 27.0. The van der Waals surface area contributed by atoms with Crippen molar-refractivity contribution in [2.24, 2.45) is 5.73 Å². The SMILES string of the molecule is C/C=C(/C(N)=O)P(=O)(O)O. The van der Waals surface area contributed by atoms with Crippen molar-refractivity contribution in [2.75, 3.05) is 0 Å². The highest BCUT2D eigenvalue weighted by molar-refractivity contribution is 7.58. The van der Waals surface area contributed by atoms with E-state index in [2.05, 4.69) is 5.73 Å². The quantitative estimate of drug-likeness (QED) is 0.381. The first-order chi connectivity index (χ1) is 4.39. The molecule has 1 amide bonds. The third-order valence-electron chi connectivity index (χ3n) is 0.840. The molecule has 0 rings (SSSR count). The number of amides is 1. The van der Waals surface area contributed by atoms with Crippen molar-refractivity contribution in [1.82, 2.24) is 0 Å². The fraction of sp³-hybridized carbons (Fsp3) is 0.250. The van der Waals surface area contributed by atoms with E-state index < -0.39 is 18.8 Å². The summed E-state index contributed by atoms with van der Waals surface area (Å²) in [7, 11) is -4.45. The second kappa shape index (κ2) is 2.96. The van der Waals surface area contributed by atoms with Crippen molar-refractivity contribution >= 4 is 13.5 Å². The summed E-state index contributed by atoms with van der Waals surface area (Å²) in [5.41, 5.74) is 4.63. The van der Waals surface area contributed by atoms with Gasteiger partial charge in [0.05, 0.1) is 0 Å². The Balaban J connectivity index is 4.75. The van der Waals surface area contributed by atoms with Crippen LogP contribution in [-0.2, 0) is 9.36 Å². The first-order valence-electron chi connectivity index (χ1n) is 2.42. The molecule has 0 aliphatic heterocycles. The van der Waals surface area contributed by atoms with Crippen LogP contribution in [0.1, 0.15) is 6.92 Å². The number of nitrogens with two attached hydrogens (primary N) is 1. The molecular weight excluding hydrogens is 157 g/mol. The van der Waals surface area contributed by atoms with Crippen LogP contribution < -0.4 is 5.73 Å². The maximum atomic E-state index is 10.3. The number of carbonyl (C=O) groups excluding carboxylic acids is 1. The summed E-state index contributed by atoms with van der Waals surface area (Å²) in [6.45, 7) is 1.33. The molecule has 6 heteroatoms. The van der Waals surface area contributed by atoms with Crippen LogP contribution in [0.5, 0.6) is 0 Å². The van der Waals surface area contributed by atoms with Gasteiger partial charge in [0, 0.05) is 0 Å². The standard InChI is InChI=1S/C4H8NO4P/c1-2-3(4(5)6)10(7,8)9/h2H,1H3,(H2,5,6)(H2,7,8,9)/b3-2-. The molecule has 0 spiro atoms. The van der Waals surface area contributed by atoms with Crippen LogP contribution in [0, 0.1) is 0 Å². The van der Waals surface area contributed by atoms with E-state index in [9.17, 15) is 9.36 Å². The van der Waals surface area contributed by atoms with Gasteiger partial charge in [0.2, 0.25) is 0 Å². The zero-order valence-corrected chi connectivity index (χ0v) is 6.21. The van der Waals surface area contributed by atoms with Gasteiger partial charge in [-0.1, -0.05) is 6.08 Å². The normalized spacial score (nSPS) is 13.3. The van der Waals surface area contributed by atoms with Crippen LogP contribution in [0.4, 0.5) is 0 Å². The van der Waals surface area contributed by atoms with E-state index in [1.54, 1.807) is 0 Å². The van der Waals surface area contributed by atoms with Gasteiger partial charge in [0.1, 0.15) is 5.31 Å². The van der Waals surface area contributed by atoms with E-state index in [-0.39, 0.29) is 0 Å². The minimum Gasteiger partial charge on any atom is -0.365 e. The maximum Gasteiger partial charge on any atom is 0.361 e. The number of carbonyl (C=O) groups is 1. The van der Waals surface area contributed by atoms with Crippen LogP contribution >= 0.6 is 7.60 Å². The first-order valence-corrected chi connectivity index (χ1v) is 4.03. The highest BCUT2D eigenvalue weighted by atomic mass is 31.2. The Morgan fingerprint density at radius 2 is 2.00 bits per heavy atom. The molecule has 0 heterocycles. The van der Waals surface area contributed by atoms with E-state index in [1.165, 1.54) is 6.92 Å². The van der Waals surface area contributed by atoms with E-state index in [4.69, 9.17) is 9.79 Å². The van der Waals surface area contributed by atoms with Crippen molar-refractivity contribution in [3.63, 3.8) is 0 Å². The largest absolute Gasteiger partial charge is 0.365 e. The summed E-state index contributed by atoms with van der Waals surface area (Å²) in [6.07, 6.45) is 1.00. The highest BCUT2D eigenvalue weighted by Crippen LogP contribution is 2.44. The third-order valence-corrected chi connectivity index (χ3v) is 1.95. The van der Waals surface area contributed by atoms with Crippen LogP contribution in [0.25, 0.3) is 0 Å². The molecule has 0 aromatic carbocycles. The average molecular weight is 165 g/mol. The van der Waals surface area contributed by atoms with Gasteiger partial charge < -0.3 is 15.5 Å². The molecule has 0 bridgehead atoms. The van der Waals surface area contributed by atoms with Crippen molar-refractivity contribution in [3.8, 4) is 0 Å². The molecule has 5 nitrogen and oxygen atoms in total. The number of hydrogen-bond donors (Lipinski definition) is 3. The molecule has 4 N–H and O–H groups in total. The minimum atomic E-state index is -4.45. The van der Waals surface area contributed by atoms with Crippen LogP contribution in [0.2, 0.25) is 0 Å². The second-order valence-electron chi connectivity index (χ2n) is 1.58. The zero-order chi connectivity index (χ0) is 8.36. The van der Waals surface area contributed by atoms with Gasteiger partial charge in [-0.05, 0) is 6.92 Å². The highest BCUT2D eigenvalue weighted by Gasteiger charge is 2.24. The third kappa shape index (κ3) is 2.31. The molecule has 58 valence electrons. The number of primary amides is 1. The van der Waals surface area contributed by atoms with Crippen molar-refractivity contribution in [1.29, 1.82) is 0 Å². The van der Waals surface area contributed by atoms with Crippen LogP contribution in [0.15, 0.2) is 11.4 Å². The summed E-state index contributed by atoms with van der Waals surface area (Å²) in [6, 6.07) is 0. The Morgan fingerprint density at radius 3 is 2.00 bits per heavy atom. The van der Waals surface area contributed by atoms with E-state index in [0.717, 1.165) is 6.08 Å². The summed E-state index contributed by atoms with van der Waals surface area (Å²) < 4.78 is 10.3. The minimum absolute atomic E-state index is 0.646. The second-order valence-corrected chi connectivity index (χ2v) is 3.15. The van der Waals surface area contributed by atoms with E-state index in [0.29, 0.717) is 0 Å². The monoisotopic (exact) mass is 165 g/mol. The van der Waals surface area contributed by atoms with Gasteiger partial charge in [-0.25, -0.2) is 0 Å². The number of hydrogen-bond acceptors (Lipinski definition) is 2. The predicted octanol–water partition coefficient (Wildman–Crippen LogP) is -0.447. The lowest BCUT2D eigenvalue weighted by atomic mass is 10.5. The Kier molecular flexibility index (Phi) is 2.77. The molecule has 0 saturated carbocycles. The van der Waals surface area contributed by atoms with Crippen molar-refractivity contribution in [3.05, 3.63) is 11.4 Å². The van der Waals surface area contributed by atoms with Gasteiger partial charge in [-0.2, -0.15) is 0 Å². The van der Waals surface area contributed by atoms with Crippen LogP contribution in [0.3, 0.4) is 0 Å². The smallest absolute Gasteiger partial charge is 0.361 e. The molecule has 0 fully saturated rings. The van der Waals surface area contributed by atoms with E-state index in [1.807, 2.05) is 0 Å². The molecule has 10 heavy (non-hydrogen) atoms. The molecular formula is C4H8NO4P. The summed E-state index contributed by atoms with van der Waals surface area (Å²) in [5, 5.41) is -0.646. The lowest BCUT2D eigenvalue weighted by Crippen LogP contribution is -2.13.